The average Bonchev–Trinajstić information content (AvgIpc) is 2.59. The fraction of sp³-hybridized carbons (Fsp3) is 0.556. The minimum Gasteiger partial charge on any atom is -0.361 e. The van der Waals surface area contributed by atoms with Crippen LogP contribution in [0.5, 0.6) is 0 Å². The molecular weight excluding hydrogens is 168 g/mol. The van der Waals surface area contributed by atoms with Crippen LogP contribution in [0, 0.1) is 5.92 Å². The van der Waals surface area contributed by atoms with E-state index in [1.165, 1.54) is 12.2 Å². The van der Waals surface area contributed by atoms with E-state index in [1.54, 1.807) is 0 Å². The van der Waals surface area contributed by atoms with Crippen LogP contribution in [-0.2, 0) is 0 Å². The monoisotopic (exact) mass is 180 g/mol. The minimum absolute atomic E-state index is 0.731. The van der Waals surface area contributed by atoms with Gasteiger partial charge in [0.1, 0.15) is 0 Å². The lowest BCUT2D eigenvalue weighted by atomic mass is 10.1. The van der Waals surface area contributed by atoms with Crippen molar-refractivity contribution in [1.82, 2.24) is 9.80 Å². The van der Waals surface area contributed by atoms with E-state index in [0.717, 1.165) is 17.8 Å². The summed E-state index contributed by atoms with van der Waals surface area (Å²) in [7, 11) is 2.15. The number of rotatable bonds is 0. The van der Waals surface area contributed by atoms with Crippen LogP contribution in [0.3, 0.4) is 0 Å². The van der Waals surface area contributed by atoms with E-state index < -0.39 is 0 Å². The van der Waals surface area contributed by atoms with Crippen molar-refractivity contribution in [3.63, 3.8) is 0 Å². The number of nitrogens with zero attached hydrogens (tertiary/aromatic N) is 2. The van der Waals surface area contributed by atoms with Crippen LogP contribution in [0.15, 0.2) is 23.4 Å². The summed E-state index contributed by atoms with van der Waals surface area (Å²) in [6.07, 6.45) is 4.65. The Morgan fingerprint density at radius 1 is 1.58 bits per heavy atom. The topological polar surface area (TPSA) is 6.48 Å². The Hall–Kier alpha value is -0.570. The molecule has 3 heteroatoms. The summed E-state index contributed by atoms with van der Waals surface area (Å²) >= 11 is 1.97. The Labute approximate surface area is 76.9 Å². The van der Waals surface area contributed by atoms with Crippen molar-refractivity contribution in [2.24, 2.45) is 5.92 Å². The van der Waals surface area contributed by atoms with Gasteiger partial charge >= 0.3 is 0 Å². The molecule has 0 aromatic heterocycles. The number of fused-ring (bicyclic) bond motifs is 3. The fourth-order valence-corrected chi connectivity index (χ4v) is 3.44. The average molecular weight is 180 g/mol. The second-order valence-electron chi connectivity index (χ2n) is 3.72. The molecule has 1 saturated heterocycles. The van der Waals surface area contributed by atoms with Crippen LogP contribution in [0.4, 0.5) is 0 Å². The molecule has 0 spiro atoms. The van der Waals surface area contributed by atoms with E-state index in [2.05, 4.69) is 34.5 Å². The van der Waals surface area contributed by atoms with Crippen LogP contribution >= 0.6 is 11.8 Å². The van der Waals surface area contributed by atoms with Gasteiger partial charge in [-0.3, -0.25) is 0 Å². The molecule has 3 aliphatic heterocycles. The molecule has 0 amide bonds. The van der Waals surface area contributed by atoms with E-state index in [1.807, 2.05) is 11.8 Å². The Kier molecular flexibility index (Phi) is 1.28. The van der Waals surface area contributed by atoms with Gasteiger partial charge in [-0.2, -0.15) is 0 Å². The molecule has 0 aromatic rings. The van der Waals surface area contributed by atoms with E-state index in [0.29, 0.717) is 0 Å². The lowest BCUT2D eigenvalue weighted by molar-refractivity contribution is 0.299. The predicted molar refractivity (Wildman–Crippen MR) is 51.4 cm³/mol. The second-order valence-corrected chi connectivity index (χ2v) is 4.78. The number of hydrogen-bond acceptors (Lipinski definition) is 3. The van der Waals surface area contributed by atoms with Crippen LogP contribution < -0.4 is 0 Å². The highest BCUT2D eigenvalue weighted by molar-refractivity contribution is 8.03. The maximum atomic E-state index is 2.49. The van der Waals surface area contributed by atoms with E-state index in [-0.39, 0.29) is 0 Å². The fourth-order valence-electron chi connectivity index (χ4n) is 2.25. The Morgan fingerprint density at radius 2 is 2.50 bits per heavy atom. The summed E-state index contributed by atoms with van der Waals surface area (Å²) < 4.78 is 0. The predicted octanol–water partition coefficient (Wildman–Crippen LogP) is 1.29. The quantitative estimate of drug-likeness (QED) is 0.554. The van der Waals surface area contributed by atoms with Gasteiger partial charge < -0.3 is 9.80 Å². The summed E-state index contributed by atoms with van der Waals surface area (Å²) in [5.41, 5.74) is 1.54. The normalized spacial score (nSPS) is 37.2. The van der Waals surface area contributed by atoms with Gasteiger partial charge in [-0.25, -0.2) is 0 Å². The summed E-state index contributed by atoms with van der Waals surface area (Å²) in [5.74, 6) is 0.787. The van der Waals surface area contributed by atoms with E-state index >= 15 is 0 Å². The van der Waals surface area contributed by atoms with Gasteiger partial charge in [0.25, 0.3) is 0 Å². The molecule has 0 aromatic carbocycles. The van der Waals surface area contributed by atoms with Crippen LogP contribution in [0.2, 0.25) is 0 Å². The highest BCUT2D eigenvalue weighted by atomic mass is 32.2. The third kappa shape index (κ3) is 0.774. The smallest absolute Gasteiger partial charge is 0.0893 e. The number of hydrogen-bond donors (Lipinski definition) is 0. The van der Waals surface area contributed by atoms with Crippen molar-refractivity contribution >= 4 is 11.8 Å². The molecule has 12 heavy (non-hydrogen) atoms. The molecule has 0 radical (unpaired) electrons. The zero-order chi connectivity index (χ0) is 8.13. The first-order valence-corrected chi connectivity index (χ1v) is 5.28. The maximum absolute atomic E-state index is 2.49. The lowest BCUT2D eigenvalue weighted by Gasteiger charge is -2.16. The standard InChI is InChI=1S/C9H12N2S/c1-10-5-8-9-7(2-3-12-9)4-11(8)6-10/h2-3,5,7,9H,4,6H2,1H3/t7?,9-/m1/s1. The molecule has 2 atom stereocenters. The van der Waals surface area contributed by atoms with Crippen molar-refractivity contribution in [3.05, 3.63) is 23.4 Å². The molecule has 0 saturated carbocycles. The van der Waals surface area contributed by atoms with Gasteiger partial charge in [-0.15, -0.1) is 11.8 Å². The van der Waals surface area contributed by atoms with Gasteiger partial charge in [0.05, 0.1) is 11.9 Å². The van der Waals surface area contributed by atoms with Gasteiger partial charge in [0.15, 0.2) is 0 Å². The molecule has 3 aliphatic rings. The zero-order valence-electron chi connectivity index (χ0n) is 7.10. The maximum Gasteiger partial charge on any atom is 0.0893 e. The van der Waals surface area contributed by atoms with Crippen molar-refractivity contribution < 1.29 is 0 Å². The minimum atomic E-state index is 0.731. The summed E-state index contributed by atoms with van der Waals surface area (Å²) in [5, 5.41) is 2.99. The first-order chi connectivity index (χ1) is 5.84. The Bertz CT molecular complexity index is 272. The van der Waals surface area contributed by atoms with Crippen molar-refractivity contribution in [2.75, 3.05) is 20.3 Å². The Morgan fingerprint density at radius 3 is 3.42 bits per heavy atom. The van der Waals surface area contributed by atoms with Crippen molar-refractivity contribution in [2.45, 2.75) is 5.25 Å². The number of thioether (sulfide) groups is 1. The van der Waals surface area contributed by atoms with Crippen molar-refractivity contribution in [3.8, 4) is 0 Å². The van der Waals surface area contributed by atoms with Gasteiger partial charge in [0.2, 0.25) is 0 Å². The zero-order valence-corrected chi connectivity index (χ0v) is 7.92. The van der Waals surface area contributed by atoms with E-state index in [9.17, 15) is 0 Å². The summed E-state index contributed by atoms with van der Waals surface area (Å²) in [6.45, 7) is 2.32. The molecule has 1 fully saturated rings. The lowest BCUT2D eigenvalue weighted by Crippen LogP contribution is -2.23. The third-order valence-electron chi connectivity index (χ3n) is 2.77. The molecule has 3 heterocycles. The summed E-state index contributed by atoms with van der Waals surface area (Å²) in [4.78, 5) is 4.76. The molecular formula is C9H12N2S. The molecule has 0 aliphatic carbocycles. The first-order valence-electron chi connectivity index (χ1n) is 4.33. The molecule has 3 rings (SSSR count). The van der Waals surface area contributed by atoms with Crippen LogP contribution in [0.25, 0.3) is 0 Å². The Balaban J connectivity index is 1.94. The molecule has 0 bridgehead atoms. The van der Waals surface area contributed by atoms with Crippen LogP contribution in [0.1, 0.15) is 0 Å². The van der Waals surface area contributed by atoms with Crippen LogP contribution in [-0.4, -0.2) is 35.3 Å². The first kappa shape index (κ1) is 6.89. The van der Waals surface area contributed by atoms with Crippen molar-refractivity contribution in [1.29, 1.82) is 0 Å². The molecule has 0 N–H and O–H groups in total. The SMILES string of the molecule is CN1C=C2[C@@H]3SC=CC3CN2C1. The van der Waals surface area contributed by atoms with E-state index in [4.69, 9.17) is 0 Å². The second kappa shape index (κ2) is 2.22. The van der Waals surface area contributed by atoms with Gasteiger partial charge in [-0.1, -0.05) is 6.08 Å². The molecule has 2 nitrogen and oxygen atoms in total. The van der Waals surface area contributed by atoms with Gasteiger partial charge in [0, 0.05) is 31.4 Å². The summed E-state index contributed by atoms with van der Waals surface area (Å²) in [6, 6.07) is 0. The molecule has 64 valence electrons. The van der Waals surface area contributed by atoms with Gasteiger partial charge in [-0.05, 0) is 5.41 Å². The largest absolute Gasteiger partial charge is 0.361 e. The highest BCUT2D eigenvalue weighted by Crippen LogP contribution is 2.43. The molecule has 1 unspecified atom stereocenters. The third-order valence-corrected chi connectivity index (χ3v) is 3.97. The highest BCUT2D eigenvalue weighted by Gasteiger charge is 2.40.